The van der Waals surface area contributed by atoms with E-state index in [1.54, 1.807) is 0 Å². The lowest BCUT2D eigenvalue weighted by Gasteiger charge is -2.38. The molecule has 0 radical (unpaired) electrons. The van der Waals surface area contributed by atoms with E-state index in [4.69, 9.17) is 5.10 Å². The summed E-state index contributed by atoms with van der Waals surface area (Å²) in [5.41, 5.74) is 3.08. The van der Waals surface area contributed by atoms with Gasteiger partial charge in [-0.2, -0.15) is 5.10 Å². The van der Waals surface area contributed by atoms with Crippen LogP contribution in [-0.2, 0) is 18.0 Å². The first-order valence-corrected chi connectivity index (χ1v) is 11.1. The van der Waals surface area contributed by atoms with Crippen LogP contribution < -0.4 is 5.32 Å². The number of rotatable bonds is 4. The SMILES string of the molecule is Cn1c(-c2cnn3c2NC(c2ccccc2)CC3(C)C)nnc1C(C)(C)c1ccccc1. The first-order valence-electron chi connectivity index (χ1n) is 11.1. The Kier molecular flexibility index (Phi) is 4.69. The number of nitrogens with one attached hydrogen (secondary N) is 1. The molecule has 5 rings (SSSR count). The standard InChI is InChI=1S/C26H30N6/c1-25(2)16-21(18-12-8-6-9-13-18)28-22-20(17-27-32(22)25)23-29-30-24(31(23)5)26(3,4)19-14-10-7-11-15-19/h6-15,17,21,28H,16H2,1-5H3. The molecular formula is C26H30N6. The minimum Gasteiger partial charge on any atom is -0.363 e. The van der Waals surface area contributed by atoms with Gasteiger partial charge in [-0.3, -0.25) is 0 Å². The Hall–Kier alpha value is -3.41. The molecule has 3 heterocycles. The van der Waals surface area contributed by atoms with Gasteiger partial charge in [0.15, 0.2) is 5.82 Å². The fraction of sp³-hybridized carbons (Fsp3) is 0.346. The summed E-state index contributed by atoms with van der Waals surface area (Å²) >= 11 is 0. The summed E-state index contributed by atoms with van der Waals surface area (Å²) in [6.07, 6.45) is 2.87. The summed E-state index contributed by atoms with van der Waals surface area (Å²) in [4.78, 5) is 0. The zero-order valence-corrected chi connectivity index (χ0v) is 19.4. The second kappa shape index (κ2) is 7.33. The summed E-state index contributed by atoms with van der Waals surface area (Å²) in [7, 11) is 2.04. The Morgan fingerprint density at radius 3 is 2.31 bits per heavy atom. The Morgan fingerprint density at radius 2 is 1.62 bits per heavy atom. The largest absolute Gasteiger partial charge is 0.363 e. The van der Waals surface area contributed by atoms with E-state index in [1.807, 2.05) is 19.3 Å². The van der Waals surface area contributed by atoms with Gasteiger partial charge in [-0.25, -0.2) is 4.68 Å². The second-order valence-corrected chi connectivity index (χ2v) is 9.84. The highest BCUT2D eigenvalue weighted by Gasteiger charge is 2.37. The van der Waals surface area contributed by atoms with Gasteiger partial charge in [0, 0.05) is 12.5 Å². The van der Waals surface area contributed by atoms with Gasteiger partial charge in [0.1, 0.15) is 11.6 Å². The van der Waals surface area contributed by atoms with Gasteiger partial charge in [-0.1, -0.05) is 60.7 Å². The number of aromatic nitrogens is 5. The fourth-order valence-electron chi connectivity index (χ4n) is 4.89. The summed E-state index contributed by atoms with van der Waals surface area (Å²) in [5.74, 6) is 2.74. The predicted molar refractivity (Wildman–Crippen MR) is 128 cm³/mol. The molecule has 2 aromatic heterocycles. The van der Waals surface area contributed by atoms with E-state index < -0.39 is 0 Å². The van der Waals surface area contributed by atoms with Gasteiger partial charge in [-0.05, 0) is 45.2 Å². The Balaban J connectivity index is 1.57. The Bertz CT molecular complexity index is 1230. The van der Waals surface area contributed by atoms with E-state index >= 15 is 0 Å². The molecule has 0 amide bonds. The van der Waals surface area contributed by atoms with Crippen molar-refractivity contribution < 1.29 is 0 Å². The molecule has 0 fully saturated rings. The zero-order valence-electron chi connectivity index (χ0n) is 19.4. The van der Waals surface area contributed by atoms with Crippen molar-refractivity contribution in [1.29, 1.82) is 0 Å². The molecule has 1 aliphatic heterocycles. The van der Waals surface area contributed by atoms with Crippen LogP contribution in [-0.4, -0.2) is 24.5 Å². The van der Waals surface area contributed by atoms with Crippen molar-refractivity contribution in [3.8, 4) is 11.4 Å². The zero-order chi connectivity index (χ0) is 22.5. The number of anilines is 1. The van der Waals surface area contributed by atoms with E-state index in [2.05, 4.69) is 107 Å². The van der Waals surface area contributed by atoms with Crippen molar-refractivity contribution in [2.24, 2.45) is 7.05 Å². The van der Waals surface area contributed by atoms with Gasteiger partial charge in [0.25, 0.3) is 0 Å². The number of benzene rings is 2. The van der Waals surface area contributed by atoms with Crippen LogP contribution in [0, 0.1) is 0 Å². The fourth-order valence-corrected chi connectivity index (χ4v) is 4.89. The van der Waals surface area contributed by atoms with Gasteiger partial charge >= 0.3 is 0 Å². The number of nitrogens with zero attached hydrogens (tertiary/aromatic N) is 5. The van der Waals surface area contributed by atoms with Crippen LogP contribution in [0.3, 0.4) is 0 Å². The third-order valence-electron chi connectivity index (χ3n) is 6.73. The third-order valence-corrected chi connectivity index (χ3v) is 6.73. The average molecular weight is 427 g/mol. The van der Waals surface area contributed by atoms with Crippen molar-refractivity contribution in [3.05, 3.63) is 83.8 Å². The molecule has 4 aromatic rings. The first kappa shape index (κ1) is 20.5. The molecule has 164 valence electrons. The quantitative estimate of drug-likeness (QED) is 0.481. The van der Waals surface area contributed by atoms with E-state index in [0.717, 1.165) is 29.5 Å². The van der Waals surface area contributed by atoms with E-state index in [9.17, 15) is 0 Å². The molecule has 6 heteroatoms. The maximum atomic E-state index is 4.76. The third kappa shape index (κ3) is 3.22. The molecular weight excluding hydrogens is 396 g/mol. The lowest BCUT2D eigenvalue weighted by molar-refractivity contribution is 0.263. The number of hydrogen-bond acceptors (Lipinski definition) is 4. The minimum atomic E-state index is -0.270. The maximum absolute atomic E-state index is 4.76. The van der Waals surface area contributed by atoms with Crippen LogP contribution in [0.5, 0.6) is 0 Å². The second-order valence-electron chi connectivity index (χ2n) is 9.84. The molecule has 1 aliphatic rings. The average Bonchev–Trinajstić information content (AvgIpc) is 3.38. The van der Waals surface area contributed by atoms with Crippen LogP contribution in [0.25, 0.3) is 11.4 Å². The van der Waals surface area contributed by atoms with Crippen molar-refractivity contribution >= 4 is 5.82 Å². The summed E-state index contributed by atoms with van der Waals surface area (Å²) in [6, 6.07) is 21.3. The lowest BCUT2D eigenvalue weighted by Crippen LogP contribution is -2.37. The molecule has 6 nitrogen and oxygen atoms in total. The highest BCUT2D eigenvalue weighted by atomic mass is 15.4. The monoisotopic (exact) mass is 426 g/mol. The molecule has 0 saturated carbocycles. The first-order chi connectivity index (χ1) is 15.3. The van der Waals surface area contributed by atoms with E-state index in [0.29, 0.717) is 0 Å². The molecule has 1 atom stereocenters. The Morgan fingerprint density at radius 1 is 0.969 bits per heavy atom. The van der Waals surface area contributed by atoms with E-state index in [1.165, 1.54) is 11.1 Å². The summed E-state index contributed by atoms with van der Waals surface area (Å²) < 4.78 is 4.20. The smallest absolute Gasteiger partial charge is 0.169 e. The summed E-state index contributed by atoms with van der Waals surface area (Å²) in [5, 5.41) is 17.8. The lowest BCUT2D eigenvalue weighted by atomic mass is 9.84. The molecule has 0 aliphatic carbocycles. The van der Waals surface area contributed by atoms with Gasteiger partial charge in [-0.15, -0.1) is 10.2 Å². The molecule has 0 bridgehead atoms. The molecule has 2 aromatic carbocycles. The van der Waals surface area contributed by atoms with Crippen LogP contribution in [0.15, 0.2) is 66.9 Å². The van der Waals surface area contributed by atoms with Crippen LogP contribution in [0.4, 0.5) is 5.82 Å². The molecule has 32 heavy (non-hydrogen) atoms. The van der Waals surface area contributed by atoms with Crippen LogP contribution in [0.2, 0.25) is 0 Å². The van der Waals surface area contributed by atoms with Crippen LogP contribution >= 0.6 is 0 Å². The molecule has 0 spiro atoms. The van der Waals surface area contributed by atoms with E-state index in [-0.39, 0.29) is 17.0 Å². The topological polar surface area (TPSA) is 60.6 Å². The van der Waals surface area contributed by atoms with Gasteiger partial charge < -0.3 is 9.88 Å². The van der Waals surface area contributed by atoms with Crippen molar-refractivity contribution in [2.45, 2.75) is 51.1 Å². The van der Waals surface area contributed by atoms with Gasteiger partial charge in [0.05, 0.1) is 23.3 Å². The predicted octanol–water partition coefficient (Wildman–Crippen LogP) is 5.30. The molecule has 0 saturated heterocycles. The normalized spacial score (nSPS) is 17.6. The van der Waals surface area contributed by atoms with Crippen molar-refractivity contribution in [1.82, 2.24) is 24.5 Å². The molecule has 1 unspecified atom stereocenters. The molecule has 1 N–H and O–H groups in total. The highest BCUT2D eigenvalue weighted by Crippen LogP contribution is 2.43. The van der Waals surface area contributed by atoms with Crippen molar-refractivity contribution in [2.75, 3.05) is 5.32 Å². The highest BCUT2D eigenvalue weighted by molar-refractivity contribution is 5.72. The van der Waals surface area contributed by atoms with Crippen molar-refractivity contribution in [3.63, 3.8) is 0 Å². The number of fused-ring (bicyclic) bond motifs is 1. The maximum Gasteiger partial charge on any atom is 0.169 e. The van der Waals surface area contributed by atoms with Gasteiger partial charge in [0.2, 0.25) is 0 Å². The Labute approximate surface area is 189 Å². The summed E-state index contributed by atoms with van der Waals surface area (Å²) in [6.45, 7) is 8.86. The van der Waals surface area contributed by atoms with Crippen LogP contribution in [0.1, 0.15) is 57.1 Å². The number of hydrogen-bond donors (Lipinski definition) is 1. The minimum absolute atomic E-state index is 0.121.